The van der Waals surface area contributed by atoms with Crippen molar-refractivity contribution in [1.29, 1.82) is 0 Å². The molecule has 0 saturated carbocycles. The summed E-state index contributed by atoms with van der Waals surface area (Å²) in [6, 6.07) is 0. The van der Waals surface area contributed by atoms with E-state index >= 15 is 0 Å². The van der Waals surface area contributed by atoms with Crippen molar-refractivity contribution < 1.29 is 33.3 Å². The molecule has 0 spiro atoms. The van der Waals surface area contributed by atoms with Crippen LogP contribution in [0.1, 0.15) is 34.1 Å². The Balaban J connectivity index is 2.90. The van der Waals surface area contributed by atoms with Crippen LogP contribution in [0.3, 0.4) is 0 Å². The molecule has 7 heteroatoms. The van der Waals surface area contributed by atoms with Crippen LogP contribution in [0.2, 0.25) is 0 Å². The zero-order chi connectivity index (χ0) is 14.6. The third-order valence-electron chi connectivity index (χ3n) is 2.56. The molecule has 7 nitrogen and oxygen atoms in total. The molecular formula is C12H18O7. The largest absolute Gasteiger partial charge is 0.456 e. The zero-order valence-electron chi connectivity index (χ0n) is 11.4. The van der Waals surface area contributed by atoms with Crippen LogP contribution in [0.25, 0.3) is 0 Å². The molecule has 0 aromatic carbocycles. The summed E-state index contributed by atoms with van der Waals surface area (Å²) >= 11 is 0. The Labute approximate surface area is 111 Å². The summed E-state index contributed by atoms with van der Waals surface area (Å²) in [7, 11) is 0. The Hall–Kier alpha value is -1.63. The maximum Gasteiger partial charge on any atom is 0.305 e. The van der Waals surface area contributed by atoms with Crippen LogP contribution >= 0.6 is 0 Å². The lowest BCUT2D eigenvalue weighted by Gasteiger charge is -2.22. The molecule has 1 aliphatic rings. The van der Waals surface area contributed by atoms with Crippen molar-refractivity contribution in [3.63, 3.8) is 0 Å². The van der Waals surface area contributed by atoms with Gasteiger partial charge in [0.15, 0.2) is 6.10 Å². The second kappa shape index (κ2) is 6.51. The van der Waals surface area contributed by atoms with E-state index in [1.54, 1.807) is 0 Å². The quantitative estimate of drug-likeness (QED) is 0.546. The number of hydrogen-bond acceptors (Lipinski definition) is 7. The molecule has 0 aromatic heterocycles. The molecule has 0 aromatic rings. The Morgan fingerprint density at radius 3 is 1.79 bits per heavy atom. The highest BCUT2D eigenvalue weighted by molar-refractivity contribution is 5.68. The van der Waals surface area contributed by atoms with E-state index in [2.05, 4.69) is 0 Å². The lowest BCUT2D eigenvalue weighted by atomic mass is 10.1. The third-order valence-corrected chi connectivity index (χ3v) is 2.56. The van der Waals surface area contributed by atoms with E-state index < -0.39 is 42.5 Å². The Morgan fingerprint density at radius 2 is 1.37 bits per heavy atom. The van der Waals surface area contributed by atoms with E-state index in [9.17, 15) is 14.4 Å². The van der Waals surface area contributed by atoms with E-state index in [1.165, 1.54) is 20.8 Å². The minimum Gasteiger partial charge on any atom is -0.456 e. The van der Waals surface area contributed by atoms with Crippen molar-refractivity contribution in [2.24, 2.45) is 0 Å². The molecule has 1 heterocycles. The van der Waals surface area contributed by atoms with Gasteiger partial charge >= 0.3 is 17.9 Å². The molecule has 1 saturated heterocycles. The first-order valence-corrected chi connectivity index (χ1v) is 6.02. The van der Waals surface area contributed by atoms with E-state index in [0.29, 0.717) is 6.42 Å². The average molecular weight is 274 g/mol. The molecule has 0 bridgehead atoms. The second-order valence-electron chi connectivity index (χ2n) is 4.21. The van der Waals surface area contributed by atoms with Crippen LogP contribution < -0.4 is 0 Å². The van der Waals surface area contributed by atoms with Crippen LogP contribution in [-0.4, -0.2) is 42.5 Å². The first-order valence-electron chi connectivity index (χ1n) is 6.02. The van der Waals surface area contributed by atoms with Crippen LogP contribution in [0.5, 0.6) is 0 Å². The molecule has 1 unspecified atom stereocenters. The lowest BCUT2D eigenvalue weighted by molar-refractivity contribution is -0.195. The minimum absolute atomic E-state index is 0.488. The second-order valence-corrected chi connectivity index (χ2v) is 4.21. The first-order chi connectivity index (χ1) is 8.85. The van der Waals surface area contributed by atoms with Gasteiger partial charge in [0.2, 0.25) is 12.4 Å². The number of esters is 3. The fourth-order valence-electron chi connectivity index (χ4n) is 1.93. The van der Waals surface area contributed by atoms with Gasteiger partial charge < -0.3 is 18.9 Å². The van der Waals surface area contributed by atoms with E-state index in [4.69, 9.17) is 18.9 Å². The highest BCUT2D eigenvalue weighted by Gasteiger charge is 2.50. The standard InChI is InChI=1S/C12H18O7/c1-5-9-10(16-6(2)13)11(17-7(3)14)12(19-9)18-8(4)15/h9-12H,5H2,1-4H3/t9-,10+,11?,12-/m1/s1. The Morgan fingerprint density at radius 1 is 0.895 bits per heavy atom. The maximum absolute atomic E-state index is 11.1. The summed E-state index contributed by atoms with van der Waals surface area (Å²) < 4.78 is 20.5. The van der Waals surface area contributed by atoms with E-state index in [1.807, 2.05) is 6.92 Å². The average Bonchev–Trinajstić information content (AvgIpc) is 2.55. The fraction of sp³-hybridized carbons (Fsp3) is 0.750. The van der Waals surface area contributed by atoms with Gasteiger partial charge in [0.25, 0.3) is 0 Å². The number of ether oxygens (including phenoxy) is 4. The zero-order valence-corrected chi connectivity index (χ0v) is 11.4. The van der Waals surface area contributed by atoms with Crippen LogP contribution in [0, 0.1) is 0 Å². The maximum atomic E-state index is 11.1. The van der Waals surface area contributed by atoms with Gasteiger partial charge in [-0.25, -0.2) is 0 Å². The summed E-state index contributed by atoms with van der Waals surface area (Å²) in [6.45, 7) is 5.50. The van der Waals surface area contributed by atoms with Gasteiger partial charge in [0, 0.05) is 20.8 Å². The van der Waals surface area contributed by atoms with Gasteiger partial charge in [0.05, 0.1) is 0 Å². The predicted molar refractivity (Wildman–Crippen MR) is 61.8 cm³/mol. The van der Waals surface area contributed by atoms with Crippen LogP contribution in [0.4, 0.5) is 0 Å². The number of carbonyl (C=O) groups is 3. The number of carbonyl (C=O) groups excluding carboxylic acids is 3. The highest BCUT2D eigenvalue weighted by Crippen LogP contribution is 2.29. The van der Waals surface area contributed by atoms with E-state index in [-0.39, 0.29) is 0 Å². The van der Waals surface area contributed by atoms with Crippen LogP contribution in [-0.2, 0) is 33.3 Å². The van der Waals surface area contributed by atoms with E-state index in [0.717, 1.165) is 0 Å². The Kier molecular flexibility index (Phi) is 5.29. The minimum atomic E-state index is -1.06. The van der Waals surface area contributed by atoms with Crippen molar-refractivity contribution >= 4 is 17.9 Å². The summed E-state index contributed by atoms with van der Waals surface area (Å²) in [6.07, 6.45) is -2.76. The molecule has 1 aliphatic heterocycles. The predicted octanol–water partition coefficient (Wildman–Crippen LogP) is 0.548. The van der Waals surface area contributed by atoms with Crippen molar-refractivity contribution in [3.05, 3.63) is 0 Å². The van der Waals surface area contributed by atoms with Crippen molar-refractivity contribution in [3.8, 4) is 0 Å². The SMILES string of the molecule is CC[C@H]1O[C@@H](OC(C)=O)C(OC(C)=O)[C@H]1OC(C)=O. The topological polar surface area (TPSA) is 88.1 Å². The monoisotopic (exact) mass is 274 g/mol. The third kappa shape index (κ3) is 4.20. The molecule has 0 N–H and O–H groups in total. The molecule has 0 aliphatic carbocycles. The summed E-state index contributed by atoms with van der Waals surface area (Å²) in [4.78, 5) is 33.2. The summed E-state index contributed by atoms with van der Waals surface area (Å²) in [5.74, 6) is -1.66. The molecule has 108 valence electrons. The number of hydrogen-bond donors (Lipinski definition) is 0. The van der Waals surface area contributed by atoms with Crippen molar-refractivity contribution in [1.82, 2.24) is 0 Å². The molecule has 4 atom stereocenters. The van der Waals surface area contributed by atoms with Crippen molar-refractivity contribution in [2.75, 3.05) is 0 Å². The molecule has 19 heavy (non-hydrogen) atoms. The normalized spacial score (nSPS) is 29.7. The fourth-order valence-corrected chi connectivity index (χ4v) is 1.93. The van der Waals surface area contributed by atoms with Gasteiger partial charge in [-0.15, -0.1) is 0 Å². The summed E-state index contributed by atoms with van der Waals surface area (Å²) in [5.41, 5.74) is 0. The molecular weight excluding hydrogens is 256 g/mol. The summed E-state index contributed by atoms with van der Waals surface area (Å²) in [5, 5.41) is 0. The van der Waals surface area contributed by atoms with Gasteiger partial charge in [0.1, 0.15) is 6.10 Å². The molecule has 0 radical (unpaired) electrons. The van der Waals surface area contributed by atoms with Gasteiger partial charge in [-0.1, -0.05) is 6.92 Å². The van der Waals surface area contributed by atoms with Crippen LogP contribution in [0.15, 0.2) is 0 Å². The molecule has 1 fully saturated rings. The highest BCUT2D eigenvalue weighted by atomic mass is 16.7. The van der Waals surface area contributed by atoms with Gasteiger partial charge in [-0.3, -0.25) is 14.4 Å². The molecule has 1 rings (SSSR count). The Bertz CT molecular complexity index is 365. The molecule has 0 amide bonds. The van der Waals surface area contributed by atoms with Crippen molar-refractivity contribution in [2.45, 2.75) is 58.7 Å². The number of rotatable bonds is 4. The van der Waals surface area contributed by atoms with Gasteiger partial charge in [-0.2, -0.15) is 0 Å². The lowest BCUT2D eigenvalue weighted by Crippen LogP contribution is -2.40. The first kappa shape index (κ1) is 15.4. The smallest absolute Gasteiger partial charge is 0.305 e. The van der Waals surface area contributed by atoms with Gasteiger partial charge in [-0.05, 0) is 6.42 Å².